The average Bonchev–Trinajstić information content (AvgIpc) is 2.88. The summed E-state index contributed by atoms with van der Waals surface area (Å²) in [7, 11) is 0. The standard InChI is InChI=1S/C11H18N4O3/c16-10(1-5-15-6-4-13-14-15)12-9-11(17)2-7-18-8-3-11/h4,6,17H,1-3,5,7-9H2,(H,12,16). The van der Waals surface area contributed by atoms with Crippen molar-refractivity contribution in [3.63, 3.8) is 0 Å². The summed E-state index contributed by atoms with van der Waals surface area (Å²) in [5, 5.41) is 20.3. The Morgan fingerprint density at radius 1 is 1.50 bits per heavy atom. The molecule has 0 atom stereocenters. The minimum absolute atomic E-state index is 0.0922. The molecular formula is C11H18N4O3. The van der Waals surface area contributed by atoms with E-state index in [4.69, 9.17) is 4.74 Å². The maximum atomic E-state index is 11.6. The SMILES string of the molecule is O=C(CCn1ccnn1)NCC1(O)CCOCC1. The second-order valence-corrected chi connectivity index (χ2v) is 4.53. The fourth-order valence-corrected chi connectivity index (χ4v) is 1.85. The van der Waals surface area contributed by atoms with Crippen molar-refractivity contribution < 1.29 is 14.6 Å². The van der Waals surface area contributed by atoms with E-state index in [1.165, 1.54) is 0 Å². The molecule has 0 unspecified atom stereocenters. The first kappa shape index (κ1) is 13.0. The van der Waals surface area contributed by atoms with Crippen molar-refractivity contribution in [1.29, 1.82) is 0 Å². The van der Waals surface area contributed by atoms with Crippen LogP contribution in [0.3, 0.4) is 0 Å². The maximum absolute atomic E-state index is 11.6. The predicted molar refractivity (Wildman–Crippen MR) is 62.7 cm³/mol. The molecule has 18 heavy (non-hydrogen) atoms. The number of hydrogen-bond acceptors (Lipinski definition) is 5. The topological polar surface area (TPSA) is 89.3 Å². The highest BCUT2D eigenvalue weighted by Gasteiger charge is 2.29. The lowest BCUT2D eigenvalue weighted by molar-refractivity contribution is -0.124. The lowest BCUT2D eigenvalue weighted by atomic mass is 9.94. The summed E-state index contributed by atoms with van der Waals surface area (Å²) in [6, 6.07) is 0. The Morgan fingerprint density at radius 2 is 2.28 bits per heavy atom. The van der Waals surface area contributed by atoms with Crippen LogP contribution in [0.2, 0.25) is 0 Å². The highest BCUT2D eigenvalue weighted by molar-refractivity contribution is 5.75. The zero-order valence-electron chi connectivity index (χ0n) is 10.2. The number of ether oxygens (including phenoxy) is 1. The van der Waals surface area contributed by atoms with E-state index in [0.29, 0.717) is 39.0 Å². The van der Waals surface area contributed by atoms with Gasteiger partial charge >= 0.3 is 0 Å². The quantitative estimate of drug-likeness (QED) is 0.727. The number of rotatable bonds is 5. The monoisotopic (exact) mass is 254 g/mol. The maximum Gasteiger partial charge on any atom is 0.221 e. The average molecular weight is 254 g/mol. The van der Waals surface area contributed by atoms with Crippen LogP contribution in [0.4, 0.5) is 0 Å². The third-order valence-corrected chi connectivity index (χ3v) is 3.08. The summed E-state index contributed by atoms with van der Waals surface area (Å²) in [6.07, 6.45) is 4.74. The van der Waals surface area contributed by atoms with Gasteiger partial charge in [0.25, 0.3) is 0 Å². The number of nitrogens with one attached hydrogen (secondary N) is 1. The molecule has 1 aromatic rings. The van der Waals surface area contributed by atoms with Crippen molar-refractivity contribution in [3.05, 3.63) is 12.4 Å². The minimum Gasteiger partial charge on any atom is -0.388 e. The molecule has 0 saturated carbocycles. The van der Waals surface area contributed by atoms with Crippen LogP contribution in [0.25, 0.3) is 0 Å². The second kappa shape index (κ2) is 5.92. The van der Waals surface area contributed by atoms with Crippen LogP contribution in [0.5, 0.6) is 0 Å². The van der Waals surface area contributed by atoms with Crippen LogP contribution in [-0.4, -0.2) is 51.4 Å². The van der Waals surface area contributed by atoms with Gasteiger partial charge in [-0.1, -0.05) is 5.21 Å². The van der Waals surface area contributed by atoms with Crippen molar-refractivity contribution in [2.45, 2.75) is 31.4 Å². The Labute approximate surface area is 105 Å². The fourth-order valence-electron chi connectivity index (χ4n) is 1.85. The molecule has 0 bridgehead atoms. The molecule has 0 spiro atoms. The lowest BCUT2D eigenvalue weighted by Gasteiger charge is -2.32. The molecule has 1 aliphatic rings. The van der Waals surface area contributed by atoms with E-state index in [1.54, 1.807) is 17.1 Å². The number of aromatic nitrogens is 3. The van der Waals surface area contributed by atoms with E-state index < -0.39 is 5.60 Å². The van der Waals surface area contributed by atoms with Gasteiger partial charge in [-0.05, 0) is 0 Å². The Kier molecular flexibility index (Phi) is 4.27. The molecule has 1 saturated heterocycles. The molecule has 0 aliphatic carbocycles. The van der Waals surface area contributed by atoms with Crippen molar-refractivity contribution in [2.75, 3.05) is 19.8 Å². The van der Waals surface area contributed by atoms with Crippen molar-refractivity contribution in [3.8, 4) is 0 Å². The van der Waals surface area contributed by atoms with Gasteiger partial charge in [0.1, 0.15) is 0 Å². The molecule has 7 heteroatoms. The largest absolute Gasteiger partial charge is 0.388 e. The van der Waals surface area contributed by atoms with Gasteiger partial charge in [0.2, 0.25) is 5.91 Å². The number of aryl methyl sites for hydroxylation is 1. The van der Waals surface area contributed by atoms with Crippen LogP contribution in [0.1, 0.15) is 19.3 Å². The molecule has 100 valence electrons. The number of carbonyl (C=O) groups excluding carboxylic acids is 1. The van der Waals surface area contributed by atoms with Crippen LogP contribution >= 0.6 is 0 Å². The summed E-state index contributed by atoms with van der Waals surface area (Å²) in [5.41, 5.74) is -0.818. The molecule has 2 heterocycles. The lowest BCUT2D eigenvalue weighted by Crippen LogP contribution is -2.46. The molecule has 0 radical (unpaired) electrons. The van der Waals surface area contributed by atoms with Crippen molar-refractivity contribution >= 4 is 5.91 Å². The first-order chi connectivity index (χ1) is 8.68. The van der Waals surface area contributed by atoms with Gasteiger partial charge in [-0.15, -0.1) is 5.10 Å². The molecule has 1 aliphatic heterocycles. The van der Waals surface area contributed by atoms with E-state index >= 15 is 0 Å². The minimum atomic E-state index is -0.818. The summed E-state index contributed by atoms with van der Waals surface area (Å²) >= 11 is 0. The normalized spacial score (nSPS) is 18.5. The van der Waals surface area contributed by atoms with E-state index in [1.807, 2.05) is 0 Å². The van der Waals surface area contributed by atoms with E-state index in [9.17, 15) is 9.90 Å². The van der Waals surface area contributed by atoms with Crippen LogP contribution in [-0.2, 0) is 16.1 Å². The van der Waals surface area contributed by atoms with Gasteiger partial charge in [0.15, 0.2) is 0 Å². The Morgan fingerprint density at radius 3 is 2.94 bits per heavy atom. The summed E-state index contributed by atoms with van der Waals surface area (Å²) < 4.78 is 6.78. The third kappa shape index (κ3) is 3.78. The number of nitrogens with zero attached hydrogens (tertiary/aromatic N) is 3. The number of amides is 1. The van der Waals surface area contributed by atoms with E-state index in [0.717, 1.165) is 0 Å². The van der Waals surface area contributed by atoms with Crippen LogP contribution in [0.15, 0.2) is 12.4 Å². The first-order valence-corrected chi connectivity index (χ1v) is 6.09. The predicted octanol–water partition coefficient (Wildman–Crippen LogP) is -0.674. The van der Waals surface area contributed by atoms with Crippen molar-refractivity contribution in [1.82, 2.24) is 20.3 Å². The Bertz CT molecular complexity index is 374. The molecule has 1 amide bonds. The molecule has 2 rings (SSSR count). The smallest absolute Gasteiger partial charge is 0.221 e. The van der Waals surface area contributed by atoms with E-state index in [-0.39, 0.29) is 12.5 Å². The number of aliphatic hydroxyl groups is 1. The van der Waals surface area contributed by atoms with Crippen LogP contribution < -0.4 is 5.32 Å². The number of carbonyl (C=O) groups is 1. The zero-order chi connectivity index (χ0) is 12.8. The Hall–Kier alpha value is -1.47. The summed E-state index contributed by atoms with van der Waals surface area (Å²) in [4.78, 5) is 11.6. The van der Waals surface area contributed by atoms with Gasteiger partial charge in [-0.2, -0.15) is 0 Å². The Balaban J connectivity index is 1.68. The molecule has 2 N–H and O–H groups in total. The van der Waals surface area contributed by atoms with Crippen LogP contribution in [0, 0.1) is 0 Å². The number of hydrogen-bond donors (Lipinski definition) is 2. The molecule has 0 aromatic carbocycles. The van der Waals surface area contributed by atoms with Gasteiger partial charge in [0, 0.05) is 45.2 Å². The summed E-state index contributed by atoms with van der Waals surface area (Å²) in [5.74, 6) is -0.0922. The van der Waals surface area contributed by atoms with Gasteiger partial charge < -0.3 is 15.2 Å². The van der Waals surface area contributed by atoms with Crippen molar-refractivity contribution in [2.24, 2.45) is 0 Å². The van der Waals surface area contributed by atoms with E-state index in [2.05, 4.69) is 15.6 Å². The van der Waals surface area contributed by atoms with Gasteiger partial charge in [-0.3, -0.25) is 9.48 Å². The summed E-state index contributed by atoms with van der Waals surface area (Å²) in [6.45, 7) is 1.87. The molecule has 7 nitrogen and oxygen atoms in total. The highest BCUT2D eigenvalue weighted by Crippen LogP contribution is 2.19. The van der Waals surface area contributed by atoms with Gasteiger partial charge in [-0.25, -0.2) is 0 Å². The first-order valence-electron chi connectivity index (χ1n) is 6.09. The molecule has 1 aromatic heterocycles. The third-order valence-electron chi connectivity index (χ3n) is 3.08. The second-order valence-electron chi connectivity index (χ2n) is 4.53. The molecular weight excluding hydrogens is 236 g/mol. The highest BCUT2D eigenvalue weighted by atomic mass is 16.5. The van der Waals surface area contributed by atoms with Gasteiger partial charge in [0.05, 0.1) is 18.3 Å². The molecule has 1 fully saturated rings. The fraction of sp³-hybridized carbons (Fsp3) is 0.727. The zero-order valence-corrected chi connectivity index (χ0v) is 10.2.